The van der Waals surface area contributed by atoms with Crippen molar-refractivity contribution >= 4 is 94.3 Å². The van der Waals surface area contributed by atoms with Crippen LogP contribution in [-0.4, -0.2) is 73.3 Å². The summed E-state index contributed by atoms with van der Waals surface area (Å²) in [6.07, 6.45) is 0.418. The van der Waals surface area contributed by atoms with E-state index >= 15 is 0 Å². The minimum atomic E-state index is -3.79. The van der Waals surface area contributed by atoms with Gasteiger partial charge in [-0.05, 0) is 31.3 Å². The molecule has 0 aliphatic carbocycles. The number of sulfonamides is 2. The topological polar surface area (TPSA) is 136 Å². The van der Waals surface area contributed by atoms with Crippen molar-refractivity contribution in [1.29, 1.82) is 0 Å². The summed E-state index contributed by atoms with van der Waals surface area (Å²) in [5.41, 5.74) is 0. The molecule has 0 amide bonds. The molecule has 1 N–H and O–H groups in total. The summed E-state index contributed by atoms with van der Waals surface area (Å²) in [6.45, 7) is -0.00213. The number of ether oxygens (including phenoxy) is 2. The van der Waals surface area contributed by atoms with Crippen LogP contribution in [0, 0.1) is 0 Å². The summed E-state index contributed by atoms with van der Waals surface area (Å²) >= 11 is 26.1. The van der Waals surface area contributed by atoms with Crippen LogP contribution in [0.15, 0.2) is 46.2 Å². The van der Waals surface area contributed by atoms with Crippen LogP contribution in [0.1, 0.15) is 12.8 Å². The van der Waals surface area contributed by atoms with Crippen LogP contribution in [-0.2, 0) is 39.1 Å². The number of hydrogen-bond donors (Lipinski definition) is 1. The molecule has 2 aromatic carbocycles. The van der Waals surface area contributed by atoms with E-state index in [1.807, 2.05) is 0 Å². The molecular weight excluding hydrogens is 706 g/mol. The summed E-state index contributed by atoms with van der Waals surface area (Å²) in [5, 5.41) is 1.06. The molecule has 0 radical (unpaired) electrons. The lowest BCUT2D eigenvalue weighted by Crippen LogP contribution is -2.29. The van der Waals surface area contributed by atoms with Gasteiger partial charge >= 0.3 is 11.9 Å². The first kappa shape index (κ1) is 37.8. The molecule has 17 heteroatoms. The van der Waals surface area contributed by atoms with Gasteiger partial charge in [-0.2, -0.15) is 0 Å². The number of nitrogens with one attached hydrogen (secondary N) is 1. The number of halogens is 5. The van der Waals surface area contributed by atoms with Gasteiger partial charge in [0, 0.05) is 18.9 Å². The monoisotopic (exact) mass is 730 g/mol. The summed E-state index contributed by atoms with van der Waals surface area (Å²) in [7, 11) is -2.02. The highest BCUT2D eigenvalue weighted by Gasteiger charge is 2.25. The third-order valence-corrected chi connectivity index (χ3v) is 10.1. The highest BCUT2D eigenvalue weighted by molar-refractivity contribution is 9.09. The molecule has 0 heterocycles. The molecule has 0 aliphatic rings. The molecule has 0 saturated carbocycles. The van der Waals surface area contributed by atoms with Crippen molar-refractivity contribution in [3.05, 3.63) is 56.5 Å². The van der Waals surface area contributed by atoms with Gasteiger partial charge in [-0.1, -0.05) is 74.5 Å². The molecular formula is C22H27BrCl4N2O8S2. The summed E-state index contributed by atoms with van der Waals surface area (Å²) < 4.78 is 59.1. The number of benzene rings is 2. The highest BCUT2D eigenvalue weighted by atomic mass is 79.9. The molecule has 0 atom stereocenters. The predicted octanol–water partition coefficient (Wildman–Crippen LogP) is 5.02. The second-order valence-electron chi connectivity index (χ2n) is 6.98. The summed E-state index contributed by atoms with van der Waals surface area (Å²) in [4.78, 5) is 21.1. The van der Waals surface area contributed by atoms with Crippen molar-refractivity contribution in [2.45, 2.75) is 22.6 Å². The molecule has 10 nitrogen and oxygen atoms in total. The van der Waals surface area contributed by atoms with Crippen LogP contribution in [0.2, 0.25) is 20.1 Å². The van der Waals surface area contributed by atoms with Gasteiger partial charge in [-0.3, -0.25) is 9.59 Å². The van der Waals surface area contributed by atoms with Crippen molar-refractivity contribution in [2.75, 3.05) is 40.2 Å². The van der Waals surface area contributed by atoms with Gasteiger partial charge in [0.2, 0.25) is 20.0 Å². The van der Waals surface area contributed by atoms with Gasteiger partial charge in [0.15, 0.2) is 0 Å². The number of rotatable bonds is 9. The van der Waals surface area contributed by atoms with E-state index in [1.54, 1.807) is 0 Å². The Morgan fingerprint density at radius 1 is 0.846 bits per heavy atom. The van der Waals surface area contributed by atoms with E-state index < -0.39 is 26.0 Å². The van der Waals surface area contributed by atoms with Crippen LogP contribution in [0.5, 0.6) is 0 Å². The number of methoxy groups -OCH3 is 2. The molecule has 0 fully saturated rings. The molecule has 0 aliphatic heterocycles. The van der Waals surface area contributed by atoms with Crippen LogP contribution in [0.3, 0.4) is 0 Å². The quantitative estimate of drug-likeness (QED) is 0.281. The average Bonchev–Trinajstić information content (AvgIpc) is 2.90. The number of hydrogen-bond acceptors (Lipinski definition) is 8. The fourth-order valence-electron chi connectivity index (χ4n) is 2.30. The standard InChI is InChI=1S/C11H13Cl2NO4S.C7H7Cl2NO2S.C4H7BrO2/c1-14(7-6-10(15)18-2)19(16,17)9-5-3-4-8(12)11(9)13;1-10-13(11,12)6-4-2-3-5(8)7(6)9;1-7-4(6)2-3-5/h3-5H,6-7H2,1-2H3;2-4,10H,1H3;2-3H2,1H3. The second-order valence-corrected chi connectivity index (χ2v) is 13.2. The van der Waals surface area contributed by atoms with Crippen molar-refractivity contribution in [3.8, 4) is 0 Å². The van der Waals surface area contributed by atoms with Crippen molar-refractivity contribution in [1.82, 2.24) is 9.03 Å². The number of alkyl halides is 1. The summed E-state index contributed by atoms with van der Waals surface area (Å²) in [5.74, 6) is -0.656. The van der Waals surface area contributed by atoms with E-state index in [1.165, 1.54) is 64.7 Å². The van der Waals surface area contributed by atoms with E-state index in [2.05, 4.69) is 30.1 Å². The molecule has 0 unspecified atom stereocenters. The van der Waals surface area contributed by atoms with E-state index in [0.29, 0.717) is 11.8 Å². The Bertz CT molecular complexity index is 1330. The van der Waals surface area contributed by atoms with E-state index in [0.717, 1.165) is 4.31 Å². The highest BCUT2D eigenvalue weighted by Crippen LogP contribution is 2.30. The largest absolute Gasteiger partial charge is 0.469 e. The van der Waals surface area contributed by atoms with E-state index in [9.17, 15) is 26.4 Å². The van der Waals surface area contributed by atoms with Crippen LogP contribution < -0.4 is 4.72 Å². The van der Waals surface area contributed by atoms with Crippen LogP contribution in [0.25, 0.3) is 0 Å². The molecule has 39 heavy (non-hydrogen) atoms. The molecule has 0 aromatic heterocycles. The average molecular weight is 733 g/mol. The lowest BCUT2D eigenvalue weighted by molar-refractivity contribution is -0.141. The minimum absolute atomic E-state index is 0.00213. The number of carbonyl (C=O) groups excluding carboxylic acids is 2. The smallest absolute Gasteiger partial charge is 0.306 e. The maximum atomic E-state index is 12.2. The Morgan fingerprint density at radius 2 is 1.28 bits per heavy atom. The molecule has 0 saturated heterocycles. The molecule has 2 aromatic rings. The van der Waals surface area contributed by atoms with Gasteiger partial charge in [0.25, 0.3) is 0 Å². The van der Waals surface area contributed by atoms with Gasteiger partial charge in [0.1, 0.15) is 9.79 Å². The minimum Gasteiger partial charge on any atom is -0.469 e. The maximum absolute atomic E-state index is 12.2. The third kappa shape index (κ3) is 12.5. The first-order valence-corrected chi connectivity index (χ1v) is 16.1. The Labute approximate surface area is 257 Å². The first-order valence-electron chi connectivity index (χ1n) is 10.6. The van der Waals surface area contributed by atoms with Gasteiger partial charge in [-0.15, -0.1) is 0 Å². The van der Waals surface area contributed by atoms with Gasteiger partial charge in [0.05, 0.1) is 47.2 Å². The SMILES string of the molecule is CNS(=O)(=O)c1cccc(Cl)c1Cl.COC(=O)CCBr.COC(=O)CCN(C)S(=O)(=O)c1cccc(Cl)c1Cl. The molecule has 220 valence electrons. The zero-order valence-electron chi connectivity index (χ0n) is 21.2. The normalized spacial score (nSPS) is 11.0. The number of nitrogens with zero attached hydrogens (tertiary/aromatic N) is 1. The third-order valence-electron chi connectivity index (χ3n) is 4.46. The van der Waals surface area contributed by atoms with Crippen molar-refractivity contribution in [2.24, 2.45) is 0 Å². The molecule has 0 bridgehead atoms. The fraction of sp³-hybridized carbons (Fsp3) is 0.364. The zero-order chi connectivity index (χ0) is 30.4. The van der Waals surface area contributed by atoms with Gasteiger partial charge < -0.3 is 9.47 Å². The Balaban J connectivity index is 0.000000622. The predicted molar refractivity (Wildman–Crippen MR) is 156 cm³/mol. The van der Waals surface area contributed by atoms with Gasteiger partial charge in [-0.25, -0.2) is 25.9 Å². The van der Waals surface area contributed by atoms with Crippen molar-refractivity contribution in [3.63, 3.8) is 0 Å². The maximum Gasteiger partial charge on any atom is 0.306 e. The number of esters is 2. The lowest BCUT2D eigenvalue weighted by atomic mass is 10.4. The van der Waals surface area contributed by atoms with Crippen LogP contribution in [0.4, 0.5) is 0 Å². The molecule has 2 rings (SSSR count). The summed E-state index contributed by atoms with van der Waals surface area (Å²) in [6, 6.07) is 8.79. The van der Waals surface area contributed by atoms with E-state index in [4.69, 9.17) is 46.4 Å². The lowest BCUT2D eigenvalue weighted by Gasteiger charge is -2.17. The Hall–Kier alpha value is -1.16. The zero-order valence-corrected chi connectivity index (χ0v) is 27.5. The number of carbonyl (C=O) groups is 2. The van der Waals surface area contributed by atoms with Crippen molar-refractivity contribution < 1.29 is 35.9 Å². The second kappa shape index (κ2) is 18.3. The Kier molecular flexibility index (Phi) is 17.8. The Morgan fingerprint density at radius 3 is 1.69 bits per heavy atom. The fourth-order valence-corrected chi connectivity index (χ4v) is 6.01. The van der Waals surface area contributed by atoms with Crippen LogP contribution >= 0.6 is 62.3 Å². The first-order chi connectivity index (χ1) is 18.1. The van der Waals surface area contributed by atoms with E-state index in [-0.39, 0.29) is 48.8 Å². The molecule has 0 spiro atoms.